The highest BCUT2D eigenvalue weighted by Crippen LogP contribution is 2.21. The van der Waals surface area contributed by atoms with Gasteiger partial charge in [0.15, 0.2) is 11.2 Å². The minimum absolute atomic E-state index is 0.260. The van der Waals surface area contributed by atoms with Crippen molar-refractivity contribution in [1.29, 1.82) is 0 Å². The van der Waals surface area contributed by atoms with Gasteiger partial charge in [-0.05, 0) is 53.8 Å². The zero-order valence-electron chi connectivity index (χ0n) is 15.7. The van der Waals surface area contributed by atoms with Gasteiger partial charge in [0.25, 0.3) is 5.56 Å². The first kappa shape index (κ1) is 18.4. The molecule has 0 bridgehead atoms. The number of hydrogen-bond donors (Lipinski definition) is 0. The van der Waals surface area contributed by atoms with Crippen molar-refractivity contribution in [3.8, 4) is 0 Å². The number of rotatable bonds is 6. The molecule has 0 aromatic carbocycles. The molecular formula is C19H24N4O2S. The Morgan fingerprint density at radius 2 is 1.88 bits per heavy atom. The summed E-state index contributed by atoms with van der Waals surface area (Å²) in [6, 6.07) is 2.04. The van der Waals surface area contributed by atoms with E-state index in [-0.39, 0.29) is 11.2 Å². The molecule has 0 aliphatic carbocycles. The lowest BCUT2D eigenvalue weighted by Gasteiger charge is -2.10. The van der Waals surface area contributed by atoms with Crippen molar-refractivity contribution in [1.82, 2.24) is 18.7 Å². The molecule has 3 rings (SSSR count). The molecule has 3 heterocycles. The van der Waals surface area contributed by atoms with Gasteiger partial charge in [-0.1, -0.05) is 13.8 Å². The molecule has 6 nitrogen and oxygen atoms in total. The van der Waals surface area contributed by atoms with Gasteiger partial charge >= 0.3 is 5.69 Å². The molecule has 0 amide bonds. The number of hydrogen-bond acceptors (Lipinski definition) is 4. The summed E-state index contributed by atoms with van der Waals surface area (Å²) in [5.74, 6) is 0.710. The topological polar surface area (TPSA) is 61.8 Å². The van der Waals surface area contributed by atoms with Crippen molar-refractivity contribution >= 4 is 34.1 Å². The van der Waals surface area contributed by atoms with E-state index in [2.05, 4.69) is 10.4 Å². The molecule has 26 heavy (non-hydrogen) atoms. The Kier molecular flexibility index (Phi) is 5.27. The fourth-order valence-corrected chi connectivity index (χ4v) is 3.85. The Hall–Kier alpha value is -2.41. The SMILES string of the molecule is CCCn1c(=O)c2c(nc(/C(C)=C/c3ccsc3)n2C)n(CCC)c1=O. The average Bonchev–Trinajstić information content (AvgIpc) is 3.23. The summed E-state index contributed by atoms with van der Waals surface area (Å²) < 4.78 is 4.78. The van der Waals surface area contributed by atoms with Gasteiger partial charge in [-0.2, -0.15) is 11.3 Å². The number of imidazole rings is 1. The van der Waals surface area contributed by atoms with Crippen LogP contribution in [0.2, 0.25) is 0 Å². The summed E-state index contributed by atoms with van der Waals surface area (Å²) >= 11 is 1.64. The van der Waals surface area contributed by atoms with Crippen molar-refractivity contribution in [2.24, 2.45) is 7.05 Å². The zero-order chi connectivity index (χ0) is 18.8. The number of nitrogens with zero attached hydrogens (tertiary/aromatic N) is 4. The van der Waals surface area contributed by atoms with E-state index in [1.165, 1.54) is 4.57 Å². The highest BCUT2D eigenvalue weighted by molar-refractivity contribution is 7.08. The first-order valence-corrected chi connectivity index (χ1v) is 9.84. The molecule has 0 fully saturated rings. The van der Waals surface area contributed by atoms with Crippen molar-refractivity contribution in [2.75, 3.05) is 0 Å². The van der Waals surface area contributed by atoms with Crippen LogP contribution in [0, 0.1) is 0 Å². The Bertz CT molecular complexity index is 1070. The van der Waals surface area contributed by atoms with Gasteiger partial charge in [0.05, 0.1) is 0 Å². The second kappa shape index (κ2) is 7.45. The quantitative estimate of drug-likeness (QED) is 0.667. The maximum Gasteiger partial charge on any atom is 0.332 e. The summed E-state index contributed by atoms with van der Waals surface area (Å²) in [5, 5.41) is 4.09. The van der Waals surface area contributed by atoms with E-state index >= 15 is 0 Å². The molecule has 0 saturated heterocycles. The van der Waals surface area contributed by atoms with Crippen LogP contribution >= 0.6 is 11.3 Å². The summed E-state index contributed by atoms with van der Waals surface area (Å²) in [6.07, 6.45) is 3.58. The summed E-state index contributed by atoms with van der Waals surface area (Å²) in [6.45, 7) is 6.91. The van der Waals surface area contributed by atoms with Crippen LogP contribution in [0.4, 0.5) is 0 Å². The molecule has 7 heteroatoms. The van der Waals surface area contributed by atoms with Crippen LogP contribution in [0.1, 0.15) is 45.0 Å². The third kappa shape index (κ3) is 3.07. The monoisotopic (exact) mass is 372 g/mol. The lowest BCUT2D eigenvalue weighted by atomic mass is 10.2. The molecule has 0 atom stereocenters. The molecule has 3 aromatic rings. The van der Waals surface area contributed by atoms with Crippen molar-refractivity contribution < 1.29 is 0 Å². The molecule has 0 spiro atoms. The van der Waals surface area contributed by atoms with Crippen LogP contribution < -0.4 is 11.2 Å². The molecule has 0 aliphatic rings. The third-order valence-corrected chi connectivity index (χ3v) is 5.12. The lowest BCUT2D eigenvalue weighted by molar-refractivity contribution is 0.554. The summed E-state index contributed by atoms with van der Waals surface area (Å²) in [7, 11) is 1.84. The van der Waals surface area contributed by atoms with Crippen LogP contribution in [0.3, 0.4) is 0 Å². The second-order valence-corrected chi connectivity index (χ2v) is 7.22. The Balaban J connectivity index is 2.31. The van der Waals surface area contributed by atoms with Gasteiger partial charge in [-0.25, -0.2) is 9.78 Å². The molecule has 0 saturated carbocycles. The predicted molar refractivity (Wildman–Crippen MR) is 108 cm³/mol. The predicted octanol–water partition coefficient (Wildman–Crippen LogP) is 3.34. The van der Waals surface area contributed by atoms with Gasteiger partial charge in [0.2, 0.25) is 0 Å². The smallest absolute Gasteiger partial charge is 0.322 e. The van der Waals surface area contributed by atoms with Gasteiger partial charge < -0.3 is 4.57 Å². The first-order chi connectivity index (χ1) is 12.5. The normalized spacial score (nSPS) is 12.2. The molecule has 0 radical (unpaired) electrons. The van der Waals surface area contributed by atoms with Crippen LogP contribution in [0.25, 0.3) is 22.8 Å². The standard InChI is InChI=1S/C19H24N4O2S/c1-5-8-22-17-15(18(24)23(9-6-2)19(22)25)21(4)16(20-17)13(3)11-14-7-10-26-12-14/h7,10-12H,5-6,8-9H2,1-4H3/b13-11+. The second-order valence-electron chi connectivity index (χ2n) is 6.44. The maximum atomic E-state index is 12.9. The zero-order valence-corrected chi connectivity index (χ0v) is 16.5. The number of aromatic nitrogens is 4. The Morgan fingerprint density at radius 1 is 1.19 bits per heavy atom. The van der Waals surface area contributed by atoms with E-state index in [9.17, 15) is 9.59 Å². The number of thiophene rings is 1. The lowest BCUT2D eigenvalue weighted by Crippen LogP contribution is -2.40. The minimum Gasteiger partial charge on any atom is -0.322 e. The third-order valence-electron chi connectivity index (χ3n) is 4.42. The Labute approximate surface area is 156 Å². The molecule has 0 aliphatic heterocycles. The van der Waals surface area contributed by atoms with E-state index < -0.39 is 0 Å². The summed E-state index contributed by atoms with van der Waals surface area (Å²) in [4.78, 5) is 30.4. The molecule has 3 aromatic heterocycles. The first-order valence-electron chi connectivity index (χ1n) is 8.90. The van der Waals surface area contributed by atoms with E-state index in [4.69, 9.17) is 0 Å². The fraction of sp³-hybridized carbons (Fsp3) is 0.421. The van der Waals surface area contributed by atoms with Gasteiger partial charge in [0.1, 0.15) is 5.82 Å². The largest absolute Gasteiger partial charge is 0.332 e. The molecule has 0 unspecified atom stereocenters. The maximum absolute atomic E-state index is 12.9. The van der Waals surface area contributed by atoms with Crippen molar-refractivity contribution in [3.05, 3.63) is 49.1 Å². The van der Waals surface area contributed by atoms with Gasteiger partial charge in [0, 0.05) is 20.1 Å². The van der Waals surface area contributed by atoms with Crippen LogP contribution in [0.5, 0.6) is 0 Å². The fourth-order valence-electron chi connectivity index (χ4n) is 3.23. The van der Waals surface area contributed by atoms with Crippen LogP contribution in [-0.2, 0) is 20.1 Å². The van der Waals surface area contributed by atoms with Crippen LogP contribution in [-0.4, -0.2) is 18.7 Å². The minimum atomic E-state index is -0.268. The Morgan fingerprint density at radius 3 is 2.50 bits per heavy atom. The van der Waals surface area contributed by atoms with E-state index in [1.807, 2.05) is 49.9 Å². The van der Waals surface area contributed by atoms with Crippen molar-refractivity contribution in [2.45, 2.75) is 46.7 Å². The summed E-state index contributed by atoms with van der Waals surface area (Å²) in [5.41, 5.74) is 2.50. The van der Waals surface area contributed by atoms with E-state index in [1.54, 1.807) is 15.9 Å². The molecule has 0 N–H and O–H groups in total. The van der Waals surface area contributed by atoms with Crippen LogP contribution in [0.15, 0.2) is 26.4 Å². The molecular weight excluding hydrogens is 348 g/mol. The van der Waals surface area contributed by atoms with Gasteiger partial charge in [-0.15, -0.1) is 0 Å². The number of fused-ring (bicyclic) bond motifs is 1. The van der Waals surface area contributed by atoms with E-state index in [0.717, 1.165) is 24.0 Å². The molecule has 138 valence electrons. The number of allylic oxidation sites excluding steroid dienone is 1. The van der Waals surface area contributed by atoms with Crippen molar-refractivity contribution in [3.63, 3.8) is 0 Å². The number of aryl methyl sites for hydroxylation is 2. The van der Waals surface area contributed by atoms with Gasteiger partial charge in [-0.3, -0.25) is 13.9 Å². The highest BCUT2D eigenvalue weighted by Gasteiger charge is 2.20. The average molecular weight is 372 g/mol. The van der Waals surface area contributed by atoms with E-state index in [0.29, 0.717) is 30.1 Å². The highest BCUT2D eigenvalue weighted by atomic mass is 32.1.